The number of nitrogens with zero attached hydrogens (tertiary/aromatic N) is 1. The Morgan fingerprint density at radius 3 is 1.17 bits per heavy atom. The van der Waals surface area contributed by atoms with Crippen LogP contribution in [0.4, 0.5) is 30.8 Å². The Morgan fingerprint density at radius 1 is 0.917 bits per heavy atom. The van der Waals surface area contributed by atoms with E-state index >= 15 is 0 Å². The van der Waals surface area contributed by atoms with Crippen molar-refractivity contribution in [2.24, 2.45) is 0 Å². The van der Waals surface area contributed by atoms with E-state index in [0.29, 0.717) is 0 Å². The van der Waals surface area contributed by atoms with Crippen molar-refractivity contribution in [1.29, 1.82) is 0 Å². The van der Waals surface area contributed by atoms with Crippen LogP contribution in [-0.4, -0.2) is 29.6 Å². The third-order valence-electron chi connectivity index (χ3n) is 1.62. The summed E-state index contributed by atoms with van der Waals surface area (Å²) >= 11 is 0. The van der Waals surface area contributed by atoms with Gasteiger partial charge in [-0.05, 0) is 0 Å². The predicted octanol–water partition coefficient (Wildman–Crippen LogP) is 2.05. The van der Waals surface area contributed by atoms with E-state index < -0.39 is 29.6 Å². The van der Waals surface area contributed by atoms with Crippen molar-refractivity contribution in [2.75, 3.05) is 6.54 Å². The maximum Gasteiger partial charge on any atom is 0.419 e. The van der Waals surface area contributed by atoms with Gasteiger partial charge in [0, 0.05) is 0 Å². The van der Waals surface area contributed by atoms with Crippen molar-refractivity contribution >= 4 is 0 Å². The van der Waals surface area contributed by atoms with Gasteiger partial charge in [0.1, 0.15) is 0 Å². The Balaban J connectivity index is 2.96. The van der Waals surface area contributed by atoms with Gasteiger partial charge in [0.25, 0.3) is 5.54 Å². The predicted molar refractivity (Wildman–Crippen MR) is 22.7 cm³/mol. The molecule has 8 heteroatoms. The van der Waals surface area contributed by atoms with Crippen LogP contribution in [0.2, 0.25) is 0 Å². The van der Waals surface area contributed by atoms with E-state index in [1.165, 1.54) is 0 Å². The molecule has 0 aromatic heterocycles. The molecule has 0 spiro atoms. The minimum absolute atomic E-state index is 1.27. The van der Waals surface area contributed by atoms with Crippen molar-refractivity contribution in [3.8, 4) is 0 Å². The van der Waals surface area contributed by atoms with Crippen LogP contribution in [0.3, 0.4) is 0 Å². The largest absolute Gasteiger partial charge is 0.419 e. The molecule has 1 rings (SSSR count). The average molecular weight is 197 g/mol. The summed E-state index contributed by atoms with van der Waals surface area (Å²) in [5.74, 6) is 0. The standard InChI is InChI=1S/C4H2F7N/c5-3(6,7)2(1-12(2)11)4(8,9)10/h1H2. The first-order chi connectivity index (χ1) is 5.13. The van der Waals surface area contributed by atoms with Crippen molar-refractivity contribution in [3.05, 3.63) is 0 Å². The zero-order valence-corrected chi connectivity index (χ0v) is 5.30. The molecule has 1 unspecified atom stereocenters. The molecule has 1 fully saturated rings. The molecule has 0 bridgehead atoms. The van der Waals surface area contributed by atoms with Crippen LogP contribution in [0.25, 0.3) is 0 Å². The van der Waals surface area contributed by atoms with Gasteiger partial charge in [-0.15, -0.1) is 9.60 Å². The Kier molecular flexibility index (Phi) is 1.62. The van der Waals surface area contributed by atoms with Gasteiger partial charge in [-0.1, -0.05) is 0 Å². The summed E-state index contributed by atoms with van der Waals surface area (Å²) in [4.78, 5) is 0. The lowest BCUT2D eigenvalue weighted by Crippen LogP contribution is -2.48. The summed E-state index contributed by atoms with van der Waals surface area (Å²) in [6.45, 7) is -1.67. The van der Waals surface area contributed by atoms with Crippen LogP contribution >= 0.6 is 0 Å². The minimum atomic E-state index is -5.61. The molecule has 0 aliphatic carbocycles. The van der Waals surface area contributed by atoms with Gasteiger partial charge in [0.15, 0.2) is 0 Å². The lowest BCUT2D eigenvalue weighted by molar-refractivity contribution is -0.289. The smallest absolute Gasteiger partial charge is 0.168 e. The van der Waals surface area contributed by atoms with Crippen LogP contribution in [-0.2, 0) is 0 Å². The van der Waals surface area contributed by atoms with Crippen LogP contribution < -0.4 is 0 Å². The second-order valence-corrected chi connectivity index (χ2v) is 2.38. The molecule has 1 heterocycles. The van der Waals surface area contributed by atoms with E-state index in [1.807, 2.05) is 0 Å². The zero-order chi connectivity index (χ0) is 9.78. The topological polar surface area (TPSA) is 3.01 Å². The lowest BCUT2D eigenvalue weighted by Gasteiger charge is -2.20. The fourth-order valence-corrected chi connectivity index (χ4v) is 0.781. The van der Waals surface area contributed by atoms with Crippen molar-refractivity contribution in [3.63, 3.8) is 0 Å². The quantitative estimate of drug-likeness (QED) is 0.326. The first-order valence-corrected chi connectivity index (χ1v) is 2.70. The highest BCUT2D eigenvalue weighted by Gasteiger charge is 2.85. The molecule has 0 aromatic carbocycles. The Labute approximate surface area is 61.7 Å². The highest BCUT2D eigenvalue weighted by Crippen LogP contribution is 2.56. The number of rotatable bonds is 0. The molecule has 12 heavy (non-hydrogen) atoms. The van der Waals surface area contributed by atoms with E-state index in [2.05, 4.69) is 0 Å². The van der Waals surface area contributed by atoms with Gasteiger partial charge in [0.05, 0.1) is 6.54 Å². The first-order valence-electron chi connectivity index (χ1n) is 2.70. The second kappa shape index (κ2) is 2.04. The fraction of sp³-hybridized carbons (Fsp3) is 1.00. The molecular weight excluding hydrogens is 195 g/mol. The van der Waals surface area contributed by atoms with Crippen LogP contribution in [0, 0.1) is 0 Å². The molecule has 0 N–H and O–H groups in total. The average Bonchev–Trinajstić information content (AvgIpc) is 2.36. The third kappa shape index (κ3) is 0.970. The molecule has 0 amide bonds. The van der Waals surface area contributed by atoms with Crippen LogP contribution in [0.1, 0.15) is 0 Å². The monoisotopic (exact) mass is 197 g/mol. The van der Waals surface area contributed by atoms with Gasteiger partial charge in [-0.25, -0.2) is 0 Å². The van der Waals surface area contributed by atoms with Crippen LogP contribution in [0.5, 0.6) is 0 Å². The fourth-order valence-electron chi connectivity index (χ4n) is 0.781. The highest BCUT2D eigenvalue weighted by atomic mass is 19.4. The summed E-state index contributed by atoms with van der Waals surface area (Å²) in [5.41, 5.74) is -4.25. The van der Waals surface area contributed by atoms with Crippen molar-refractivity contribution in [1.82, 2.24) is 5.12 Å². The van der Waals surface area contributed by atoms with Crippen molar-refractivity contribution in [2.45, 2.75) is 17.9 Å². The summed E-state index contributed by atoms with van der Waals surface area (Å²) in [6.07, 6.45) is -11.2. The molecule has 1 nitrogen and oxygen atoms in total. The van der Waals surface area contributed by atoms with E-state index in [9.17, 15) is 30.8 Å². The molecule has 0 aromatic rings. The Bertz CT molecular complexity index is 177. The third-order valence-corrected chi connectivity index (χ3v) is 1.62. The Morgan fingerprint density at radius 2 is 1.17 bits per heavy atom. The SMILES string of the molecule is FN1CC1(C(F)(F)F)C(F)(F)F. The van der Waals surface area contributed by atoms with Crippen LogP contribution in [0.15, 0.2) is 0 Å². The number of alkyl halides is 6. The lowest BCUT2D eigenvalue weighted by atomic mass is 10.1. The molecule has 1 atom stereocenters. The summed E-state index contributed by atoms with van der Waals surface area (Å²) in [5, 5.41) is -1.27. The molecular formula is C4H2F7N. The minimum Gasteiger partial charge on any atom is -0.168 e. The summed E-state index contributed by atoms with van der Waals surface area (Å²) in [6, 6.07) is 0. The van der Waals surface area contributed by atoms with Gasteiger partial charge < -0.3 is 0 Å². The molecule has 1 aliphatic rings. The van der Waals surface area contributed by atoms with Gasteiger partial charge in [-0.2, -0.15) is 26.3 Å². The molecule has 1 saturated heterocycles. The molecule has 0 saturated carbocycles. The van der Waals surface area contributed by atoms with E-state index in [1.54, 1.807) is 0 Å². The maximum absolute atomic E-state index is 11.8. The molecule has 1 aliphatic heterocycles. The van der Waals surface area contributed by atoms with Gasteiger partial charge in [0.2, 0.25) is 0 Å². The maximum atomic E-state index is 11.8. The molecule has 72 valence electrons. The van der Waals surface area contributed by atoms with E-state index in [0.717, 1.165) is 0 Å². The normalized spacial score (nSPS) is 28.8. The first kappa shape index (κ1) is 9.56. The van der Waals surface area contributed by atoms with Gasteiger partial charge >= 0.3 is 12.4 Å². The van der Waals surface area contributed by atoms with E-state index in [-0.39, 0.29) is 0 Å². The number of hydrogen-bond acceptors (Lipinski definition) is 1. The van der Waals surface area contributed by atoms with E-state index in [4.69, 9.17) is 0 Å². The molecule has 0 radical (unpaired) electrons. The van der Waals surface area contributed by atoms with Crippen molar-refractivity contribution < 1.29 is 30.8 Å². The summed E-state index contributed by atoms with van der Waals surface area (Å²) in [7, 11) is 0. The zero-order valence-electron chi connectivity index (χ0n) is 5.30. The second-order valence-electron chi connectivity index (χ2n) is 2.38. The summed E-state index contributed by atoms with van der Waals surface area (Å²) < 4.78 is 81.7. The number of halogens is 7. The highest BCUT2D eigenvalue weighted by molar-refractivity contribution is 5.13. The van der Waals surface area contributed by atoms with Gasteiger partial charge in [-0.3, -0.25) is 0 Å². The number of hydrogen-bond donors (Lipinski definition) is 0. The Hall–Kier alpha value is -0.530.